The number of halogens is 2. The number of nitrogens with zero attached hydrogens (tertiary/aromatic N) is 2. The maximum atomic E-state index is 12.6. The summed E-state index contributed by atoms with van der Waals surface area (Å²) < 4.78 is 19.1. The minimum atomic E-state index is -1.11. The number of benzene rings is 2. The Hall–Kier alpha value is -2.45. The Morgan fingerprint density at radius 2 is 1.85 bits per heavy atom. The molecule has 1 aliphatic rings. The molecule has 2 aromatic carbocycles. The molecular weight excluding hydrogens is 493 g/mol. The summed E-state index contributed by atoms with van der Waals surface area (Å²) in [5.41, 5.74) is 3.58. The molecule has 3 aromatic rings. The molecule has 1 amide bonds. The first-order valence-corrected chi connectivity index (χ1v) is 13.1. The Morgan fingerprint density at radius 1 is 1.15 bits per heavy atom. The van der Waals surface area contributed by atoms with Gasteiger partial charge in [-0.15, -0.1) is 11.6 Å². The second-order valence-corrected chi connectivity index (χ2v) is 9.12. The number of ether oxygens (including phenoxy) is 1. The van der Waals surface area contributed by atoms with Crippen molar-refractivity contribution in [2.75, 3.05) is 34.6 Å². The second kappa shape index (κ2) is 14.7. The first kappa shape index (κ1) is 27.8. The Bertz CT molecular complexity index is 1060. The maximum absolute atomic E-state index is 12.6. The first-order chi connectivity index (χ1) is 16.5. The summed E-state index contributed by atoms with van der Waals surface area (Å²) in [7, 11) is -1.11. The lowest BCUT2D eigenvalue weighted by Gasteiger charge is -2.27. The van der Waals surface area contributed by atoms with Crippen LogP contribution < -0.4 is 9.62 Å². The highest BCUT2D eigenvalue weighted by Crippen LogP contribution is 2.23. The van der Waals surface area contributed by atoms with E-state index in [1.54, 1.807) is 40.8 Å². The van der Waals surface area contributed by atoms with Gasteiger partial charge in [-0.1, -0.05) is 44.5 Å². The lowest BCUT2D eigenvalue weighted by molar-refractivity contribution is 0.102. The Balaban J connectivity index is 0.000000758. The number of carbonyl (C=O) groups is 1. The van der Waals surface area contributed by atoms with Gasteiger partial charge in [0, 0.05) is 28.9 Å². The zero-order chi connectivity index (χ0) is 24.9. The number of anilines is 2. The van der Waals surface area contributed by atoms with E-state index in [0.717, 1.165) is 22.8 Å². The number of rotatable bonds is 4. The number of pyridine rings is 1. The standard InChI is InChI=1S/C21H18ClN3O3S.C2H5Cl.C2H6/c22-17-6-9-20(23-13-17)16-2-1-3-18(12-16)24-21(26)15-4-7-19(8-5-15)25-14-28-10-11-29(25)27;1-2-3;1-2/h1-9,12-13H,10-11,14H2,(H,24,26);2H2,1H3;1-2H3. The summed E-state index contributed by atoms with van der Waals surface area (Å²) in [5, 5.41) is 3.47. The number of amides is 1. The van der Waals surface area contributed by atoms with Crippen molar-refractivity contribution >= 4 is 51.5 Å². The molecule has 0 radical (unpaired) electrons. The number of carbonyl (C=O) groups excluding carboxylic acids is 1. The highest BCUT2D eigenvalue weighted by Gasteiger charge is 2.19. The van der Waals surface area contributed by atoms with Crippen molar-refractivity contribution in [2.45, 2.75) is 20.8 Å². The number of aromatic nitrogens is 1. The first-order valence-electron chi connectivity index (χ1n) is 10.9. The van der Waals surface area contributed by atoms with Gasteiger partial charge in [-0.25, -0.2) is 4.21 Å². The van der Waals surface area contributed by atoms with Gasteiger partial charge in [-0.3, -0.25) is 14.1 Å². The van der Waals surface area contributed by atoms with Gasteiger partial charge in [0.2, 0.25) is 0 Å². The molecule has 1 saturated heterocycles. The van der Waals surface area contributed by atoms with Crippen molar-refractivity contribution in [3.8, 4) is 11.3 Å². The molecule has 182 valence electrons. The highest BCUT2D eigenvalue weighted by atomic mass is 35.5. The fourth-order valence-corrected chi connectivity index (χ4v) is 4.07. The van der Waals surface area contributed by atoms with Gasteiger partial charge in [0.25, 0.3) is 5.91 Å². The molecule has 1 aliphatic heterocycles. The van der Waals surface area contributed by atoms with Gasteiger partial charge < -0.3 is 10.1 Å². The third-order valence-corrected chi connectivity index (χ3v) is 5.97. The molecule has 2 heterocycles. The lowest BCUT2D eigenvalue weighted by atomic mass is 10.1. The van der Waals surface area contributed by atoms with Crippen LogP contribution in [0.3, 0.4) is 0 Å². The normalized spacial score (nSPS) is 14.7. The van der Waals surface area contributed by atoms with Gasteiger partial charge in [0.05, 0.1) is 28.8 Å². The molecule has 6 nitrogen and oxygen atoms in total. The molecule has 1 unspecified atom stereocenters. The van der Waals surface area contributed by atoms with Crippen molar-refractivity contribution in [2.24, 2.45) is 0 Å². The summed E-state index contributed by atoms with van der Waals surface area (Å²) in [6.07, 6.45) is 1.59. The van der Waals surface area contributed by atoms with Crippen molar-refractivity contribution < 1.29 is 13.7 Å². The molecule has 0 spiro atoms. The lowest BCUT2D eigenvalue weighted by Crippen LogP contribution is -2.36. The number of hydrogen-bond acceptors (Lipinski definition) is 4. The molecule has 0 aliphatic carbocycles. The third-order valence-electron chi connectivity index (χ3n) is 4.42. The average Bonchev–Trinajstić information content (AvgIpc) is 2.87. The van der Waals surface area contributed by atoms with Crippen LogP contribution in [0.15, 0.2) is 66.9 Å². The van der Waals surface area contributed by atoms with Crippen LogP contribution in [0.25, 0.3) is 11.3 Å². The van der Waals surface area contributed by atoms with E-state index in [1.807, 2.05) is 51.1 Å². The topological polar surface area (TPSA) is 71.5 Å². The molecule has 0 saturated carbocycles. The van der Waals surface area contributed by atoms with Crippen LogP contribution in [0, 0.1) is 0 Å². The predicted octanol–water partition coefficient (Wildman–Crippen LogP) is 6.38. The van der Waals surface area contributed by atoms with Crippen LogP contribution >= 0.6 is 23.2 Å². The van der Waals surface area contributed by atoms with E-state index in [9.17, 15) is 9.00 Å². The minimum absolute atomic E-state index is 0.228. The molecule has 0 bridgehead atoms. The van der Waals surface area contributed by atoms with E-state index in [0.29, 0.717) is 28.6 Å². The van der Waals surface area contributed by atoms with Crippen LogP contribution in [-0.4, -0.2) is 40.1 Å². The van der Waals surface area contributed by atoms with E-state index >= 15 is 0 Å². The second-order valence-electron chi connectivity index (χ2n) is 6.65. The quantitative estimate of drug-likeness (QED) is 0.404. The largest absolute Gasteiger partial charge is 0.359 e. The van der Waals surface area contributed by atoms with Crippen molar-refractivity contribution in [1.29, 1.82) is 0 Å². The van der Waals surface area contributed by atoms with E-state index < -0.39 is 11.0 Å². The van der Waals surface area contributed by atoms with Crippen molar-refractivity contribution in [1.82, 2.24) is 4.98 Å². The SMILES string of the molecule is CC.CCCl.O=C(Nc1cccc(-c2ccc(Cl)cn2)c1)c1ccc(N2COCCS2=O)cc1. The van der Waals surface area contributed by atoms with Gasteiger partial charge in [0.15, 0.2) is 0 Å². The smallest absolute Gasteiger partial charge is 0.255 e. The molecular formula is C25H29Cl2N3O3S. The van der Waals surface area contributed by atoms with Gasteiger partial charge in [-0.05, 0) is 48.5 Å². The molecule has 9 heteroatoms. The van der Waals surface area contributed by atoms with Crippen LogP contribution in [0.2, 0.25) is 5.02 Å². The molecule has 1 atom stereocenters. The fraction of sp³-hybridized carbons (Fsp3) is 0.280. The summed E-state index contributed by atoms with van der Waals surface area (Å²) in [4.78, 5) is 16.9. The van der Waals surface area contributed by atoms with Gasteiger partial charge in [0.1, 0.15) is 17.7 Å². The van der Waals surface area contributed by atoms with Gasteiger partial charge >= 0.3 is 0 Å². The van der Waals surface area contributed by atoms with Crippen LogP contribution in [0.4, 0.5) is 11.4 Å². The summed E-state index contributed by atoms with van der Waals surface area (Å²) in [5.74, 6) is 0.968. The summed E-state index contributed by atoms with van der Waals surface area (Å²) in [6.45, 7) is 6.67. The average molecular weight is 522 g/mol. The zero-order valence-corrected chi connectivity index (χ0v) is 21.8. The van der Waals surface area contributed by atoms with E-state index in [2.05, 4.69) is 10.3 Å². The number of hydrogen-bond donors (Lipinski definition) is 1. The zero-order valence-electron chi connectivity index (χ0n) is 19.5. The molecule has 1 N–H and O–H groups in total. The Labute approximate surface area is 213 Å². The highest BCUT2D eigenvalue weighted by molar-refractivity contribution is 7.86. The molecule has 1 aromatic heterocycles. The van der Waals surface area contributed by atoms with Crippen molar-refractivity contribution in [3.05, 3.63) is 77.4 Å². The van der Waals surface area contributed by atoms with Crippen LogP contribution in [-0.2, 0) is 15.7 Å². The molecule has 4 rings (SSSR count). The van der Waals surface area contributed by atoms with Gasteiger partial charge in [-0.2, -0.15) is 0 Å². The summed E-state index contributed by atoms with van der Waals surface area (Å²) >= 11 is 10.9. The van der Waals surface area contributed by atoms with Crippen LogP contribution in [0.1, 0.15) is 31.1 Å². The minimum Gasteiger partial charge on any atom is -0.359 e. The predicted molar refractivity (Wildman–Crippen MR) is 143 cm³/mol. The maximum Gasteiger partial charge on any atom is 0.255 e. The summed E-state index contributed by atoms with van der Waals surface area (Å²) in [6, 6.07) is 18.0. The molecule has 34 heavy (non-hydrogen) atoms. The van der Waals surface area contributed by atoms with E-state index in [4.69, 9.17) is 27.9 Å². The molecule has 1 fully saturated rings. The fourth-order valence-electron chi connectivity index (χ4n) is 2.92. The Morgan fingerprint density at radius 3 is 2.47 bits per heavy atom. The van der Waals surface area contributed by atoms with Crippen LogP contribution in [0.5, 0.6) is 0 Å². The number of nitrogens with one attached hydrogen (secondary N) is 1. The monoisotopic (exact) mass is 521 g/mol. The van der Waals surface area contributed by atoms with E-state index in [1.165, 1.54) is 0 Å². The Kier molecular flexibility index (Phi) is 12.0. The third kappa shape index (κ3) is 8.09. The number of alkyl halides is 1. The van der Waals surface area contributed by atoms with E-state index in [-0.39, 0.29) is 12.6 Å². The van der Waals surface area contributed by atoms with Crippen molar-refractivity contribution in [3.63, 3.8) is 0 Å².